The summed E-state index contributed by atoms with van der Waals surface area (Å²) in [6.07, 6.45) is 0.827. The predicted molar refractivity (Wildman–Crippen MR) is 135 cm³/mol. The molecule has 2 N–H and O–H groups in total. The van der Waals surface area contributed by atoms with Gasteiger partial charge in [-0.15, -0.1) is 0 Å². The lowest BCUT2D eigenvalue weighted by Gasteiger charge is -2.19. The Morgan fingerprint density at radius 1 is 0.941 bits per heavy atom. The van der Waals surface area contributed by atoms with Crippen LogP contribution >= 0.6 is 0 Å². The van der Waals surface area contributed by atoms with Crippen LogP contribution < -0.4 is 19.7 Å². The first-order chi connectivity index (χ1) is 16.3. The Hall–Kier alpha value is -3.36. The number of ether oxygens (including phenoxy) is 1. The lowest BCUT2D eigenvalue weighted by atomic mass is 10.1. The highest BCUT2D eigenvalue weighted by atomic mass is 32.2. The zero-order valence-corrected chi connectivity index (χ0v) is 20.3. The molecule has 180 valence electrons. The molecule has 0 aromatic heterocycles. The van der Waals surface area contributed by atoms with Gasteiger partial charge in [0, 0.05) is 32.4 Å². The fourth-order valence-corrected chi connectivity index (χ4v) is 4.56. The number of sulfonamides is 1. The summed E-state index contributed by atoms with van der Waals surface area (Å²) in [7, 11) is 0.0831. The Kier molecular flexibility index (Phi) is 9.07. The number of nitrogens with zero attached hydrogens (tertiary/aromatic N) is 1. The highest BCUT2D eigenvalue weighted by Crippen LogP contribution is 2.19. The van der Waals surface area contributed by atoms with Gasteiger partial charge in [-0.25, -0.2) is 8.42 Å². The summed E-state index contributed by atoms with van der Waals surface area (Å²) in [4.78, 5) is 15.0. The van der Waals surface area contributed by atoms with Crippen molar-refractivity contribution in [3.8, 4) is 5.75 Å². The van der Waals surface area contributed by atoms with Crippen molar-refractivity contribution in [2.24, 2.45) is 0 Å². The van der Waals surface area contributed by atoms with Crippen LogP contribution in [0.1, 0.15) is 12.0 Å². The third kappa shape index (κ3) is 7.60. The van der Waals surface area contributed by atoms with Crippen LogP contribution in [0.4, 0.5) is 5.69 Å². The fourth-order valence-electron chi connectivity index (χ4n) is 3.34. The summed E-state index contributed by atoms with van der Waals surface area (Å²) in [5, 5.41) is 2.84. The van der Waals surface area contributed by atoms with Crippen LogP contribution in [0.2, 0.25) is 0 Å². The molecular formula is C26H31N3O4S. The summed E-state index contributed by atoms with van der Waals surface area (Å²) in [5.74, 6) is 0.382. The molecule has 0 fully saturated rings. The van der Waals surface area contributed by atoms with Gasteiger partial charge in [-0.05, 0) is 42.7 Å². The van der Waals surface area contributed by atoms with E-state index >= 15 is 0 Å². The molecule has 0 aliphatic rings. The summed E-state index contributed by atoms with van der Waals surface area (Å²) in [6.45, 7) is 0.792. The second kappa shape index (κ2) is 12.2. The van der Waals surface area contributed by atoms with Gasteiger partial charge in [0.1, 0.15) is 11.8 Å². The highest BCUT2D eigenvalue weighted by Gasteiger charge is 2.25. The molecule has 0 radical (unpaired) electrons. The predicted octanol–water partition coefficient (Wildman–Crippen LogP) is 3.23. The van der Waals surface area contributed by atoms with Crippen molar-refractivity contribution in [2.75, 3.05) is 32.1 Å². The molecule has 7 nitrogen and oxygen atoms in total. The SMILES string of the molecule is CN(C)c1cccc(OCCCNC(=O)[C@H](Cc2ccccc2)NS(=O)(=O)c2ccccc2)c1. The number of benzene rings is 3. The molecule has 0 bridgehead atoms. The van der Waals surface area contributed by atoms with Gasteiger partial charge in [0.15, 0.2) is 0 Å². The quantitative estimate of drug-likeness (QED) is 0.388. The standard InChI is InChI=1S/C26H31N3O4S/c1-29(2)22-13-9-14-23(20-22)33-18-10-17-27-26(30)25(19-21-11-5-3-6-12-21)28-34(31,32)24-15-7-4-8-16-24/h3-9,11-16,20,25,28H,10,17-19H2,1-2H3,(H,27,30)/t25-/m0/s1. The third-order valence-electron chi connectivity index (χ3n) is 5.17. The molecular weight excluding hydrogens is 450 g/mol. The monoisotopic (exact) mass is 481 g/mol. The van der Waals surface area contributed by atoms with Gasteiger partial charge in [-0.2, -0.15) is 4.72 Å². The first-order valence-electron chi connectivity index (χ1n) is 11.1. The van der Waals surface area contributed by atoms with Gasteiger partial charge in [0.05, 0.1) is 11.5 Å². The van der Waals surface area contributed by atoms with Crippen LogP contribution in [-0.4, -0.2) is 47.6 Å². The molecule has 1 amide bonds. The van der Waals surface area contributed by atoms with Gasteiger partial charge in [-0.1, -0.05) is 54.6 Å². The molecule has 3 aromatic carbocycles. The molecule has 0 heterocycles. The zero-order valence-electron chi connectivity index (χ0n) is 19.5. The minimum Gasteiger partial charge on any atom is -0.493 e. The van der Waals surface area contributed by atoms with Gasteiger partial charge in [0.2, 0.25) is 15.9 Å². The fraction of sp³-hybridized carbons (Fsp3) is 0.269. The Balaban J connectivity index is 1.57. The van der Waals surface area contributed by atoms with E-state index in [-0.39, 0.29) is 17.2 Å². The molecule has 34 heavy (non-hydrogen) atoms. The van der Waals surface area contributed by atoms with E-state index in [1.165, 1.54) is 12.1 Å². The second-order valence-electron chi connectivity index (χ2n) is 8.06. The molecule has 0 saturated heterocycles. The lowest BCUT2D eigenvalue weighted by molar-refractivity contribution is -0.122. The summed E-state index contributed by atoms with van der Waals surface area (Å²) in [6, 6.07) is 24.2. The third-order valence-corrected chi connectivity index (χ3v) is 6.66. The molecule has 0 unspecified atom stereocenters. The maximum absolute atomic E-state index is 12.9. The molecule has 0 aliphatic carbocycles. The minimum atomic E-state index is -3.85. The van der Waals surface area contributed by atoms with E-state index < -0.39 is 16.1 Å². The van der Waals surface area contributed by atoms with Crippen molar-refractivity contribution in [3.05, 3.63) is 90.5 Å². The summed E-state index contributed by atoms with van der Waals surface area (Å²) >= 11 is 0. The van der Waals surface area contributed by atoms with Crippen LogP contribution in [0.5, 0.6) is 5.75 Å². The van der Waals surface area contributed by atoms with Crippen LogP contribution in [0.15, 0.2) is 89.8 Å². The summed E-state index contributed by atoms with van der Waals surface area (Å²) < 4.78 is 34.0. The van der Waals surface area contributed by atoms with Crippen molar-refractivity contribution in [1.29, 1.82) is 0 Å². The topological polar surface area (TPSA) is 87.7 Å². The van der Waals surface area contributed by atoms with Crippen LogP contribution in [-0.2, 0) is 21.2 Å². The van der Waals surface area contributed by atoms with E-state index in [1.54, 1.807) is 18.2 Å². The van der Waals surface area contributed by atoms with Gasteiger partial charge in [0.25, 0.3) is 0 Å². The number of rotatable bonds is 12. The largest absolute Gasteiger partial charge is 0.493 e. The number of hydrogen-bond acceptors (Lipinski definition) is 5. The Morgan fingerprint density at radius 2 is 1.62 bits per heavy atom. The molecule has 3 rings (SSSR count). The van der Waals surface area contributed by atoms with E-state index in [4.69, 9.17) is 4.74 Å². The van der Waals surface area contributed by atoms with Gasteiger partial charge >= 0.3 is 0 Å². The molecule has 0 aliphatic heterocycles. The second-order valence-corrected chi connectivity index (χ2v) is 9.78. The summed E-state index contributed by atoms with van der Waals surface area (Å²) in [5.41, 5.74) is 1.91. The minimum absolute atomic E-state index is 0.120. The van der Waals surface area contributed by atoms with Crippen molar-refractivity contribution in [3.63, 3.8) is 0 Å². The number of hydrogen-bond donors (Lipinski definition) is 2. The normalized spacial score (nSPS) is 12.1. The Labute approximate surface area is 201 Å². The van der Waals surface area contributed by atoms with Crippen molar-refractivity contribution in [1.82, 2.24) is 10.0 Å². The van der Waals surface area contributed by atoms with Crippen molar-refractivity contribution < 1.29 is 17.9 Å². The molecule has 0 spiro atoms. The smallest absolute Gasteiger partial charge is 0.241 e. The molecule has 3 aromatic rings. The van der Waals surface area contributed by atoms with Crippen LogP contribution in [0, 0.1) is 0 Å². The van der Waals surface area contributed by atoms with Crippen LogP contribution in [0.3, 0.4) is 0 Å². The Bertz CT molecular complexity index is 1150. The molecule has 1 atom stereocenters. The maximum atomic E-state index is 12.9. The molecule has 0 saturated carbocycles. The van der Waals surface area contributed by atoms with Crippen molar-refractivity contribution in [2.45, 2.75) is 23.8 Å². The molecule has 8 heteroatoms. The number of carbonyl (C=O) groups is 1. The highest BCUT2D eigenvalue weighted by molar-refractivity contribution is 7.89. The van der Waals surface area contributed by atoms with Crippen LogP contribution in [0.25, 0.3) is 0 Å². The Morgan fingerprint density at radius 3 is 2.29 bits per heavy atom. The first kappa shape index (κ1) is 25.3. The van der Waals surface area contributed by atoms with E-state index in [0.717, 1.165) is 17.0 Å². The lowest BCUT2D eigenvalue weighted by Crippen LogP contribution is -2.48. The average Bonchev–Trinajstić information content (AvgIpc) is 2.84. The van der Waals surface area contributed by atoms with E-state index in [2.05, 4.69) is 10.0 Å². The maximum Gasteiger partial charge on any atom is 0.241 e. The average molecular weight is 482 g/mol. The number of anilines is 1. The van der Waals surface area contributed by atoms with E-state index in [1.807, 2.05) is 73.6 Å². The van der Waals surface area contributed by atoms with Gasteiger partial charge < -0.3 is 15.0 Å². The first-order valence-corrected chi connectivity index (χ1v) is 12.6. The van der Waals surface area contributed by atoms with E-state index in [9.17, 15) is 13.2 Å². The van der Waals surface area contributed by atoms with Crippen molar-refractivity contribution >= 4 is 21.6 Å². The number of carbonyl (C=O) groups excluding carboxylic acids is 1. The van der Waals surface area contributed by atoms with E-state index in [0.29, 0.717) is 19.6 Å². The van der Waals surface area contributed by atoms with Gasteiger partial charge in [-0.3, -0.25) is 4.79 Å². The number of nitrogens with one attached hydrogen (secondary N) is 2. The zero-order chi connectivity index (χ0) is 24.4. The number of amides is 1.